The molecule has 0 bridgehead atoms. The number of nitrogens with two attached hydrogens (primary N) is 2. The number of aliphatic hydroxyl groups excluding tert-OH is 1. The summed E-state index contributed by atoms with van der Waals surface area (Å²) in [5.41, 5.74) is 13.2. The zero-order valence-electron chi connectivity index (χ0n) is 10.7. The number of nitrogens with zero attached hydrogens (tertiary/aromatic N) is 2. The van der Waals surface area contributed by atoms with E-state index in [4.69, 9.17) is 16.6 Å². The van der Waals surface area contributed by atoms with Gasteiger partial charge in [-0.15, -0.1) is 0 Å². The minimum Gasteiger partial charge on any atom is -0.384 e. The van der Waals surface area contributed by atoms with Crippen LogP contribution >= 0.6 is 11.8 Å². The van der Waals surface area contributed by atoms with Crippen molar-refractivity contribution in [3.05, 3.63) is 41.5 Å². The van der Waals surface area contributed by atoms with Gasteiger partial charge in [0.2, 0.25) is 0 Å². The van der Waals surface area contributed by atoms with Gasteiger partial charge in [0.05, 0.1) is 0 Å². The van der Waals surface area contributed by atoms with Crippen molar-refractivity contribution in [2.75, 3.05) is 18.1 Å². The molecule has 5 N–H and O–H groups in total. The molecular weight excluding hydrogens is 272 g/mol. The van der Waals surface area contributed by atoms with E-state index in [1.165, 1.54) is 17.8 Å². The number of anilines is 2. The molecular formula is C14H14N4OS. The van der Waals surface area contributed by atoms with Crippen LogP contribution in [-0.4, -0.2) is 21.7 Å². The molecule has 2 rings (SSSR count). The molecule has 102 valence electrons. The van der Waals surface area contributed by atoms with Crippen LogP contribution in [0.15, 0.2) is 35.5 Å². The molecule has 0 aliphatic heterocycles. The van der Waals surface area contributed by atoms with Gasteiger partial charge in [-0.05, 0) is 17.7 Å². The molecule has 1 aromatic heterocycles. The van der Waals surface area contributed by atoms with E-state index in [0.717, 1.165) is 11.1 Å². The first kappa shape index (κ1) is 14.2. The van der Waals surface area contributed by atoms with E-state index in [1.54, 1.807) is 0 Å². The standard InChI is InChI=1S/C14H14N4OS/c15-12-8-13(16)18-14(17-12)20-9-11-4-1-3-10(7-11)5-2-6-19/h1,3-4,7-8,19H,6,9H2,(H4,15,16,17,18). The van der Waals surface area contributed by atoms with E-state index in [0.29, 0.717) is 22.5 Å². The van der Waals surface area contributed by atoms with Crippen molar-refractivity contribution in [1.82, 2.24) is 9.97 Å². The van der Waals surface area contributed by atoms with Crippen LogP contribution in [0.3, 0.4) is 0 Å². The molecule has 5 nitrogen and oxygen atoms in total. The normalized spacial score (nSPS) is 9.85. The first-order valence-electron chi connectivity index (χ1n) is 5.89. The molecule has 0 radical (unpaired) electrons. The lowest BCUT2D eigenvalue weighted by atomic mass is 10.1. The predicted molar refractivity (Wildman–Crippen MR) is 80.8 cm³/mol. The monoisotopic (exact) mass is 286 g/mol. The van der Waals surface area contributed by atoms with Crippen LogP contribution in [0.4, 0.5) is 11.6 Å². The summed E-state index contributed by atoms with van der Waals surface area (Å²) in [4.78, 5) is 8.22. The SMILES string of the molecule is Nc1cc(N)nc(SCc2cccc(C#CCO)c2)n1. The molecule has 0 saturated heterocycles. The highest BCUT2D eigenvalue weighted by Gasteiger charge is 2.02. The lowest BCUT2D eigenvalue weighted by Crippen LogP contribution is -1.99. The van der Waals surface area contributed by atoms with E-state index in [-0.39, 0.29) is 6.61 Å². The molecule has 1 aromatic carbocycles. The summed E-state index contributed by atoms with van der Waals surface area (Å²) >= 11 is 1.45. The molecule has 0 spiro atoms. The predicted octanol–water partition coefficient (Wildman–Crippen LogP) is 1.28. The zero-order chi connectivity index (χ0) is 14.4. The molecule has 20 heavy (non-hydrogen) atoms. The highest BCUT2D eigenvalue weighted by atomic mass is 32.2. The minimum atomic E-state index is -0.143. The van der Waals surface area contributed by atoms with Crippen LogP contribution in [0.25, 0.3) is 0 Å². The Labute approximate surface area is 121 Å². The fraction of sp³-hybridized carbons (Fsp3) is 0.143. The summed E-state index contributed by atoms with van der Waals surface area (Å²) in [5, 5.41) is 9.23. The lowest BCUT2D eigenvalue weighted by Gasteiger charge is -2.03. The average Bonchev–Trinajstić information content (AvgIpc) is 2.42. The highest BCUT2D eigenvalue weighted by molar-refractivity contribution is 7.98. The van der Waals surface area contributed by atoms with Crippen LogP contribution in [0, 0.1) is 11.8 Å². The van der Waals surface area contributed by atoms with Crippen LogP contribution in [-0.2, 0) is 5.75 Å². The van der Waals surface area contributed by atoms with Crippen molar-refractivity contribution in [3.8, 4) is 11.8 Å². The van der Waals surface area contributed by atoms with Gasteiger partial charge >= 0.3 is 0 Å². The number of aromatic nitrogens is 2. The second-order valence-corrected chi connectivity index (χ2v) is 4.89. The van der Waals surface area contributed by atoms with Gasteiger partial charge in [-0.2, -0.15) is 0 Å². The van der Waals surface area contributed by atoms with Crippen molar-refractivity contribution < 1.29 is 5.11 Å². The molecule has 6 heteroatoms. The molecule has 0 amide bonds. The number of benzene rings is 1. The van der Waals surface area contributed by atoms with E-state index in [1.807, 2.05) is 24.3 Å². The first-order valence-corrected chi connectivity index (χ1v) is 6.87. The Balaban J connectivity index is 2.07. The van der Waals surface area contributed by atoms with Crippen LogP contribution in [0.2, 0.25) is 0 Å². The molecule has 0 aliphatic carbocycles. The number of hydrogen-bond donors (Lipinski definition) is 3. The van der Waals surface area contributed by atoms with Crippen molar-refractivity contribution in [2.45, 2.75) is 10.9 Å². The molecule has 0 unspecified atom stereocenters. The Kier molecular flexibility index (Phi) is 4.82. The average molecular weight is 286 g/mol. The third-order valence-electron chi connectivity index (χ3n) is 2.35. The molecule has 0 fully saturated rings. The summed E-state index contributed by atoms with van der Waals surface area (Å²) in [5.74, 6) is 6.91. The minimum absolute atomic E-state index is 0.143. The highest BCUT2D eigenvalue weighted by Crippen LogP contribution is 2.21. The molecule has 2 aromatic rings. The fourth-order valence-corrected chi connectivity index (χ4v) is 2.37. The summed E-state index contributed by atoms with van der Waals surface area (Å²) in [6.07, 6.45) is 0. The second kappa shape index (κ2) is 6.80. The van der Waals surface area contributed by atoms with E-state index >= 15 is 0 Å². The maximum absolute atomic E-state index is 8.68. The van der Waals surface area contributed by atoms with Crippen molar-refractivity contribution in [3.63, 3.8) is 0 Å². The number of aliphatic hydroxyl groups is 1. The quantitative estimate of drug-likeness (QED) is 0.446. The number of rotatable bonds is 3. The van der Waals surface area contributed by atoms with E-state index in [9.17, 15) is 0 Å². The molecule has 1 heterocycles. The second-order valence-electron chi connectivity index (χ2n) is 3.95. The Morgan fingerprint density at radius 1 is 1.15 bits per heavy atom. The summed E-state index contributed by atoms with van der Waals surface area (Å²) in [6, 6.07) is 9.30. The van der Waals surface area contributed by atoms with Gasteiger partial charge in [-0.1, -0.05) is 35.7 Å². The fourth-order valence-electron chi connectivity index (χ4n) is 1.55. The Morgan fingerprint density at radius 3 is 2.60 bits per heavy atom. The smallest absolute Gasteiger partial charge is 0.191 e. The number of nitrogen functional groups attached to an aromatic ring is 2. The Hall–Kier alpha value is -2.23. The van der Waals surface area contributed by atoms with E-state index in [2.05, 4.69) is 21.8 Å². The third-order valence-corrected chi connectivity index (χ3v) is 3.27. The topological polar surface area (TPSA) is 98.1 Å². The number of hydrogen-bond acceptors (Lipinski definition) is 6. The maximum atomic E-state index is 8.68. The molecule has 0 aliphatic rings. The zero-order valence-corrected chi connectivity index (χ0v) is 11.5. The molecule has 0 atom stereocenters. The number of thioether (sulfide) groups is 1. The summed E-state index contributed by atoms with van der Waals surface area (Å²) in [6.45, 7) is -0.143. The van der Waals surface area contributed by atoms with E-state index < -0.39 is 0 Å². The van der Waals surface area contributed by atoms with Gasteiger partial charge < -0.3 is 16.6 Å². The van der Waals surface area contributed by atoms with Gasteiger partial charge in [0.1, 0.15) is 18.2 Å². The summed E-state index contributed by atoms with van der Waals surface area (Å²) in [7, 11) is 0. The largest absolute Gasteiger partial charge is 0.384 e. The van der Waals surface area contributed by atoms with Crippen molar-refractivity contribution in [2.24, 2.45) is 0 Å². The maximum Gasteiger partial charge on any atom is 0.191 e. The van der Waals surface area contributed by atoms with Gasteiger partial charge in [-0.3, -0.25) is 0 Å². The lowest BCUT2D eigenvalue weighted by molar-refractivity contribution is 0.350. The summed E-state index contributed by atoms with van der Waals surface area (Å²) < 4.78 is 0. The Bertz CT molecular complexity index is 643. The Morgan fingerprint density at radius 2 is 1.90 bits per heavy atom. The van der Waals surface area contributed by atoms with Crippen LogP contribution in [0.1, 0.15) is 11.1 Å². The molecule has 0 saturated carbocycles. The first-order chi connectivity index (χ1) is 9.67. The van der Waals surface area contributed by atoms with Gasteiger partial charge in [0, 0.05) is 17.4 Å². The van der Waals surface area contributed by atoms with Gasteiger partial charge in [-0.25, -0.2) is 9.97 Å². The van der Waals surface area contributed by atoms with Crippen LogP contribution in [0.5, 0.6) is 0 Å². The van der Waals surface area contributed by atoms with Crippen molar-refractivity contribution in [1.29, 1.82) is 0 Å². The van der Waals surface area contributed by atoms with Gasteiger partial charge in [0.25, 0.3) is 0 Å². The van der Waals surface area contributed by atoms with Crippen molar-refractivity contribution >= 4 is 23.4 Å². The third kappa shape index (κ3) is 4.16. The van der Waals surface area contributed by atoms with Crippen LogP contribution < -0.4 is 11.5 Å². The van der Waals surface area contributed by atoms with Gasteiger partial charge in [0.15, 0.2) is 5.16 Å².